The maximum Gasteiger partial charge on any atom is 0.254 e. The summed E-state index contributed by atoms with van der Waals surface area (Å²) in [5.74, 6) is 1.41. The minimum Gasteiger partial charge on any atom is -0.507 e. The van der Waals surface area contributed by atoms with Crippen molar-refractivity contribution >= 4 is 12.1 Å². The molecule has 0 aromatic heterocycles. The standard InChI is InChI=1S/C37H40N4O4/c1-2-10-32-15-9-16-33(37(32)43)24-38-39-36(42)26-41-21-19-40(20-22-41)25-31-17-18-34(44-27-29-11-5-3-6-12-29)35(23-31)45-28-30-13-7-4-8-14-30/h2-9,11-18,23-24,43H,1,10,19-22,25-28H2,(H,39,42). The van der Waals surface area contributed by atoms with E-state index in [0.717, 1.165) is 66.5 Å². The van der Waals surface area contributed by atoms with E-state index in [9.17, 15) is 9.90 Å². The largest absolute Gasteiger partial charge is 0.507 e. The summed E-state index contributed by atoms with van der Waals surface area (Å²) in [6.07, 6.45) is 3.76. The van der Waals surface area contributed by atoms with E-state index < -0.39 is 0 Å². The Morgan fingerprint density at radius 1 is 0.800 bits per heavy atom. The number of rotatable bonds is 14. The van der Waals surface area contributed by atoms with Crippen molar-refractivity contribution in [1.82, 2.24) is 15.2 Å². The molecule has 45 heavy (non-hydrogen) atoms. The zero-order chi connectivity index (χ0) is 31.3. The van der Waals surface area contributed by atoms with Crippen LogP contribution in [0.3, 0.4) is 0 Å². The number of hydrogen-bond acceptors (Lipinski definition) is 7. The molecule has 1 aliphatic heterocycles. The molecule has 1 aliphatic rings. The van der Waals surface area contributed by atoms with Crippen LogP contribution in [0.25, 0.3) is 0 Å². The lowest BCUT2D eigenvalue weighted by atomic mass is 10.1. The van der Waals surface area contributed by atoms with Gasteiger partial charge in [0, 0.05) is 38.3 Å². The van der Waals surface area contributed by atoms with Crippen LogP contribution in [0.5, 0.6) is 17.2 Å². The Morgan fingerprint density at radius 3 is 2.11 bits per heavy atom. The first-order valence-corrected chi connectivity index (χ1v) is 15.2. The number of hydrazone groups is 1. The minimum atomic E-state index is -0.187. The lowest BCUT2D eigenvalue weighted by Crippen LogP contribution is -2.48. The predicted molar refractivity (Wildman–Crippen MR) is 177 cm³/mol. The first-order valence-electron chi connectivity index (χ1n) is 15.2. The van der Waals surface area contributed by atoms with Gasteiger partial charge in [-0.1, -0.05) is 84.9 Å². The highest BCUT2D eigenvalue weighted by atomic mass is 16.5. The number of carbonyl (C=O) groups excluding carboxylic acids is 1. The van der Waals surface area contributed by atoms with Crippen LogP contribution in [0.1, 0.15) is 27.8 Å². The van der Waals surface area contributed by atoms with Crippen LogP contribution in [-0.2, 0) is 31.0 Å². The highest BCUT2D eigenvalue weighted by Gasteiger charge is 2.20. The molecule has 8 heteroatoms. The SMILES string of the molecule is C=CCc1cccc(C=NNC(=O)CN2CCN(Cc3ccc(OCc4ccccc4)c(OCc4ccccc4)c3)CC2)c1O. The molecule has 4 aromatic carbocycles. The summed E-state index contributed by atoms with van der Waals surface area (Å²) >= 11 is 0. The van der Waals surface area contributed by atoms with Crippen LogP contribution < -0.4 is 14.9 Å². The van der Waals surface area contributed by atoms with Gasteiger partial charge in [0.15, 0.2) is 11.5 Å². The van der Waals surface area contributed by atoms with Crippen molar-refractivity contribution in [3.05, 3.63) is 138 Å². The average Bonchev–Trinajstić information content (AvgIpc) is 3.07. The van der Waals surface area contributed by atoms with Gasteiger partial charge in [-0.2, -0.15) is 5.10 Å². The molecule has 232 valence electrons. The lowest BCUT2D eigenvalue weighted by molar-refractivity contribution is -0.122. The van der Waals surface area contributed by atoms with E-state index in [1.165, 1.54) is 6.21 Å². The Kier molecular flexibility index (Phi) is 11.4. The number of carbonyl (C=O) groups is 1. The number of ether oxygens (including phenoxy) is 2. The molecule has 8 nitrogen and oxygen atoms in total. The number of para-hydroxylation sites is 1. The number of hydrogen-bond donors (Lipinski definition) is 2. The van der Waals surface area contributed by atoms with Crippen LogP contribution in [0.2, 0.25) is 0 Å². The van der Waals surface area contributed by atoms with Gasteiger partial charge < -0.3 is 14.6 Å². The summed E-state index contributed by atoms with van der Waals surface area (Å²) in [6.45, 7) is 8.91. The number of phenolic OH excluding ortho intramolecular Hbond substituents is 1. The Balaban J connectivity index is 1.12. The molecule has 4 aromatic rings. The highest BCUT2D eigenvalue weighted by Crippen LogP contribution is 2.31. The second kappa shape index (κ2) is 16.2. The molecule has 0 spiro atoms. The van der Waals surface area contributed by atoms with Crippen LogP contribution >= 0.6 is 0 Å². The first kappa shape index (κ1) is 31.5. The molecule has 2 N–H and O–H groups in total. The van der Waals surface area contributed by atoms with E-state index in [4.69, 9.17) is 9.47 Å². The minimum absolute atomic E-state index is 0.149. The Bertz CT molecular complexity index is 1570. The van der Waals surface area contributed by atoms with Crippen molar-refractivity contribution in [2.45, 2.75) is 26.2 Å². The van der Waals surface area contributed by atoms with Crippen LogP contribution in [0, 0.1) is 0 Å². The third-order valence-electron chi connectivity index (χ3n) is 7.63. The third-order valence-corrected chi connectivity index (χ3v) is 7.63. The van der Waals surface area contributed by atoms with Crippen LogP contribution in [0.15, 0.2) is 115 Å². The summed E-state index contributed by atoms with van der Waals surface area (Å²) in [5, 5.41) is 14.4. The fraction of sp³-hybridized carbons (Fsp3) is 0.243. The van der Waals surface area contributed by atoms with Gasteiger partial charge in [0.25, 0.3) is 5.91 Å². The monoisotopic (exact) mass is 604 g/mol. The normalized spacial score (nSPS) is 13.9. The van der Waals surface area contributed by atoms with Gasteiger partial charge in [-0.05, 0) is 46.9 Å². The Morgan fingerprint density at radius 2 is 1.44 bits per heavy atom. The van der Waals surface area contributed by atoms with Gasteiger partial charge in [-0.25, -0.2) is 5.43 Å². The van der Waals surface area contributed by atoms with Gasteiger partial charge in [0.1, 0.15) is 19.0 Å². The quantitative estimate of drug-likeness (QED) is 0.112. The van der Waals surface area contributed by atoms with Crippen molar-refractivity contribution in [3.8, 4) is 17.2 Å². The maximum atomic E-state index is 12.5. The molecule has 1 heterocycles. The molecule has 1 saturated heterocycles. The number of phenols is 1. The Hall–Kier alpha value is -4.92. The maximum absolute atomic E-state index is 12.5. The smallest absolute Gasteiger partial charge is 0.254 e. The van der Waals surface area contributed by atoms with Gasteiger partial charge in [-0.15, -0.1) is 6.58 Å². The summed E-state index contributed by atoms with van der Waals surface area (Å²) in [5.41, 5.74) is 7.24. The van der Waals surface area contributed by atoms with E-state index in [1.807, 2.05) is 66.7 Å². The molecule has 5 rings (SSSR count). The van der Waals surface area contributed by atoms with E-state index >= 15 is 0 Å². The summed E-state index contributed by atoms with van der Waals surface area (Å²) in [4.78, 5) is 17.0. The topological polar surface area (TPSA) is 86.6 Å². The molecule has 0 radical (unpaired) electrons. The third kappa shape index (κ3) is 9.53. The number of nitrogens with zero attached hydrogens (tertiary/aromatic N) is 3. The van der Waals surface area contributed by atoms with Crippen molar-refractivity contribution in [3.63, 3.8) is 0 Å². The first-order chi connectivity index (χ1) is 22.1. The Labute approximate surface area is 265 Å². The molecule has 0 atom stereocenters. The van der Waals surface area contributed by atoms with E-state index in [0.29, 0.717) is 25.2 Å². The second-order valence-electron chi connectivity index (χ2n) is 11.0. The predicted octanol–water partition coefficient (Wildman–Crippen LogP) is 5.55. The van der Waals surface area contributed by atoms with Gasteiger partial charge >= 0.3 is 0 Å². The number of piperazine rings is 1. The van der Waals surface area contributed by atoms with Gasteiger partial charge in [0.2, 0.25) is 0 Å². The number of amides is 1. The van der Waals surface area contributed by atoms with E-state index in [-0.39, 0.29) is 18.2 Å². The second-order valence-corrected chi connectivity index (χ2v) is 11.0. The number of allylic oxidation sites excluding steroid dienone is 1. The molecular weight excluding hydrogens is 564 g/mol. The van der Waals surface area contributed by atoms with Gasteiger partial charge in [-0.3, -0.25) is 14.6 Å². The van der Waals surface area contributed by atoms with Crippen LogP contribution in [-0.4, -0.2) is 59.8 Å². The molecule has 0 bridgehead atoms. The summed E-state index contributed by atoms with van der Waals surface area (Å²) < 4.78 is 12.4. The van der Waals surface area contributed by atoms with E-state index in [2.05, 4.69) is 51.2 Å². The number of nitrogens with one attached hydrogen (secondary N) is 1. The number of aromatic hydroxyl groups is 1. The average molecular weight is 605 g/mol. The molecule has 0 aliphatic carbocycles. The zero-order valence-electron chi connectivity index (χ0n) is 25.5. The lowest BCUT2D eigenvalue weighted by Gasteiger charge is -2.34. The highest BCUT2D eigenvalue weighted by molar-refractivity contribution is 5.86. The van der Waals surface area contributed by atoms with Crippen molar-refractivity contribution in [2.24, 2.45) is 5.10 Å². The van der Waals surface area contributed by atoms with Crippen molar-refractivity contribution < 1.29 is 19.4 Å². The van der Waals surface area contributed by atoms with Crippen LogP contribution in [0.4, 0.5) is 0 Å². The molecule has 1 amide bonds. The molecule has 1 fully saturated rings. The summed E-state index contributed by atoms with van der Waals surface area (Å²) in [7, 11) is 0. The fourth-order valence-electron chi connectivity index (χ4n) is 5.17. The summed E-state index contributed by atoms with van der Waals surface area (Å²) in [6, 6.07) is 31.8. The van der Waals surface area contributed by atoms with E-state index in [1.54, 1.807) is 12.1 Å². The van der Waals surface area contributed by atoms with Crippen molar-refractivity contribution in [1.29, 1.82) is 0 Å². The fourth-order valence-corrected chi connectivity index (χ4v) is 5.17. The van der Waals surface area contributed by atoms with Crippen molar-refractivity contribution in [2.75, 3.05) is 32.7 Å². The molecule has 0 saturated carbocycles. The zero-order valence-corrected chi connectivity index (χ0v) is 25.5. The molecular formula is C37H40N4O4. The molecule has 0 unspecified atom stereocenters. The van der Waals surface area contributed by atoms with Gasteiger partial charge in [0.05, 0.1) is 12.8 Å². The number of benzene rings is 4.